The summed E-state index contributed by atoms with van der Waals surface area (Å²) in [6, 6.07) is 41.4. The van der Waals surface area contributed by atoms with E-state index in [9.17, 15) is 0 Å². The highest BCUT2D eigenvalue weighted by molar-refractivity contribution is 5.19. The Hall–Kier alpha value is -3.32. The average Bonchev–Trinajstić information content (AvgIpc) is 3.05. The van der Waals surface area contributed by atoms with Gasteiger partial charge in [0.1, 0.15) is 5.60 Å². The molecule has 1 aliphatic carbocycles. The van der Waals surface area contributed by atoms with Crippen molar-refractivity contribution in [2.24, 2.45) is 11.3 Å². The molecule has 0 spiro atoms. The minimum atomic E-state index is -0.496. The van der Waals surface area contributed by atoms with Crippen LogP contribution in [0.15, 0.2) is 121 Å². The van der Waals surface area contributed by atoms with Crippen LogP contribution in [0.4, 0.5) is 0 Å². The smallest absolute Gasteiger partial charge is 0.124 e. The van der Waals surface area contributed by atoms with Crippen LogP contribution in [-0.4, -0.2) is 37.6 Å². The predicted octanol–water partition coefficient (Wildman–Crippen LogP) is 7.39. The zero-order valence-corrected chi connectivity index (χ0v) is 25.0. The number of ether oxygens (including phenoxy) is 5. The molecule has 0 N–H and O–H groups in total. The zero-order valence-electron chi connectivity index (χ0n) is 25.0. The van der Waals surface area contributed by atoms with E-state index in [4.69, 9.17) is 23.7 Å². The lowest BCUT2D eigenvalue weighted by atomic mass is 9.56. The predicted molar refractivity (Wildman–Crippen MR) is 167 cm³/mol. The second-order valence-corrected chi connectivity index (χ2v) is 12.1. The van der Waals surface area contributed by atoms with Crippen molar-refractivity contribution < 1.29 is 23.7 Å². The first kappa shape index (κ1) is 29.7. The van der Waals surface area contributed by atoms with Gasteiger partial charge in [0.25, 0.3) is 0 Å². The normalized spacial score (nSPS) is 26.4. The van der Waals surface area contributed by atoms with Crippen molar-refractivity contribution in [2.75, 3.05) is 19.8 Å². The van der Waals surface area contributed by atoms with Gasteiger partial charge < -0.3 is 23.7 Å². The van der Waals surface area contributed by atoms with Crippen LogP contribution >= 0.6 is 0 Å². The molecule has 1 saturated heterocycles. The van der Waals surface area contributed by atoms with Gasteiger partial charge in [0.05, 0.1) is 58.5 Å². The fraction of sp³-hybridized carbons (Fsp3) is 0.368. The van der Waals surface area contributed by atoms with Crippen LogP contribution in [-0.2, 0) is 50.1 Å². The third-order valence-corrected chi connectivity index (χ3v) is 9.17. The Bertz CT molecular complexity index is 1380. The maximum atomic E-state index is 6.93. The molecule has 0 bridgehead atoms. The third kappa shape index (κ3) is 6.93. The van der Waals surface area contributed by atoms with Gasteiger partial charge in [0, 0.05) is 17.8 Å². The van der Waals surface area contributed by atoms with E-state index in [2.05, 4.69) is 104 Å². The van der Waals surface area contributed by atoms with Crippen LogP contribution < -0.4 is 0 Å². The molecule has 2 fully saturated rings. The first-order valence-electron chi connectivity index (χ1n) is 15.3. The topological polar surface area (TPSA) is 46.2 Å². The molecule has 0 unspecified atom stereocenters. The summed E-state index contributed by atoms with van der Waals surface area (Å²) in [4.78, 5) is 0. The Kier molecular flexibility index (Phi) is 9.67. The van der Waals surface area contributed by atoms with Crippen LogP contribution in [0.1, 0.15) is 35.6 Å². The maximum Gasteiger partial charge on any atom is 0.124 e. The second kappa shape index (κ2) is 14.0. The van der Waals surface area contributed by atoms with Crippen molar-refractivity contribution in [3.05, 3.63) is 144 Å². The Labute approximate surface area is 255 Å². The van der Waals surface area contributed by atoms with E-state index < -0.39 is 11.0 Å². The van der Waals surface area contributed by atoms with Gasteiger partial charge in [-0.2, -0.15) is 0 Å². The molecule has 1 aliphatic heterocycles. The number of hydrogen-bond acceptors (Lipinski definition) is 5. The Balaban J connectivity index is 1.28. The molecule has 43 heavy (non-hydrogen) atoms. The molecule has 0 radical (unpaired) electrons. The van der Waals surface area contributed by atoms with Gasteiger partial charge in [0.2, 0.25) is 0 Å². The summed E-state index contributed by atoms with van der Waals surface area (Å²) in [6.45, 7) is 5.99. The van der Waals surface area contributed by atoms with Gasteiger partial charge in [-0.05, 0) is 22.3 Å². The SMILES string of the molecule is C[C@@]1(COCc2ccccc2)[C@@H](OCc2ccccc2)C[C@H]2OC[C@@]2(OCc2ccccc2)[C@@H]1COCc1ccccc1. The molecule has 4 aromatic carbocycles. The van der Waals surface area contributed by atoms with E-state index in [1.807, 2.05) is 24.3 Å². The van der Waals surface area contributed by atoms with E-state index in [1.54, 1.807) is 0 Å². The first-order valence-corrected chi connectivity index (χ1v) is 15.3. The number of rotatable bonds is 14. The molecule has 0 amide bonds. The van der Waals surface area contributed by atoms with Crippen molar-refractivity contribution >= 4 is 0 Å². The van der Waals surface area contributed by atoms with Gasteiger partial charge in [-0.3, -0.25) is 0 Å². The highest BCUT2D eigenvalue weighted by atomic mass is 16.6. The van der Waals surface area contributed by atoms with Crippen molar-refractivity contribution in [3.8, 4) is 0 Å². The van der Waals surface area contributed by atoms with E-state index >= 15 is 0 Å². The monoisotopic (exact) mass is 578 g/mol. The van der Waals surface area contributed by atoms with Gasteiger partial charge in [0.15, 0.2) is 0 Å². The van der Waals surface area contributed by atoms with Crippen molar-refractivity contribution in [1.82, 2.24) is 0 Å². The van der Waals surface area contributed by atoms with E-state index in [-0.39, 0.29) is 18.1 Å². The Morgan fingerprint density at radius 2 is 1.12 bits per heavy atom. The van der Waals surface area contributed by atoms with Gasteiger partial charge >= 0.3 is 0 Å². The minimum Gasteiger partial charge on any atom is -0.376 e. The van der Waals surface area contributed by atoms with Crippen LogP contribution in [0, 0.1) is 11.3 Å². The Morgan fingerprint density at radius 1 is 0.628 bits per heavy atom. The largest absolute Gasteiger partial charge is 0.376 e. The highest BCUT2D eigenvalue weighted by Gasteiger charge is 2.66. The fourth-order valence-electron chi connectivity index (χ4n) is 6.62. The van der Waals surface area contributed by atoms with E-state index in [0.29, 0.717) is 46.2 Å². The molecular formula is C38H42O5. The fourth-order valence-corrected chi connectivity index (χ4v) is 6.62. The van der Waals surface area contributed by atoms with Crippen molar-refractivity contribution in [1.29, 1.82) is 0 Å². The van der Waals surface area contributed by atoms with Gasteiger partial charge in [-0.15, -0.1) is 0 Å². The van der Waals surface area contributed by atoms with Gasteiger partial charge in [-0.1, -0.05) is 128 Å². The van der Waals surface area contributed by atoms with Crippen LogP contribution in [0.3, 0.4) is 0 Å². The molecular weight excluding hydrogens is 536 g/mol. The molecule has 2 aliphatic rings. The molecule has 6 rings (SSSR count). The molecule has 5 atom stereocenters. The quantitative estimate of drug-likeness (QED) is 0.156. The molecule has 4 aromatic rings. The van der Waals surface area contributed by atoms with Crippen LogP contribution in [0.25, 0.3) is 0 Å². The first-order chi connectivity index (χ1) is 21.2. The zero-order chi connectivity index (χ0) is 29.4. The molecule has 5 heteroatoms. The van der Waals surface area contributed by atoms with Crippen molar-refractivity contribution in [2.45, 2.75) is 57.6 Å². The third-order valence-electron chi connectivity index (χ3n) is 9.17. The number of hydrogen-bond donors (Lipinski definition) is 0. The van der Waals surface area contributed by atoms with E-state index in [0.717, 1.165) is 28.7 Å². The molecule has 1 saturated carbocycles. The van der Waals surface area contributed by atoms with E-state index in [1.165, 1.54) is 0 Å². The number of fused-ring (bicyclic) bond motifs is 1. The van der Waals surface area contributed by atoms with Crippen LogP contribution in [0.2, 0.25) is 0 Å². The number of benzene rings is 4. The van der Waals surface area contributed by atoms with Crippen LogP contribution in [0.5, 0.6) is 0 Å². The average molecular weight is 579 g/mol. The van der Waals surface area contributed by atoms with Crippen molar-refractivity contribution in [3.63, 3.8) is 0 Å². The summed E-state index contributed by atoms with van der Waals surface area (Å²) in [5.74, 6) is -0.0172. The molecule has 1 heterocycles. The summed E-state index contributed by atoms with van der Waals surface area (Å²) in [5.41, 5.74) is 3.72. The summed E-state index contributed by atoms with van der Waals surface area (Å²) in [7, 11) is 0. The standard InChI is InChI=1S/C38H42O5/c1-37(28-40-24-31-16-8-3-9-17-31)34(27-39-23-30-14-6-2-7-15-30)38(43-26-33-20-12-5-13-21-33)29-42-36(38)22-35(37)41-25-32-18-10-4-11-19-32/h2-21,34-36H,22-29H2,1H3/t34-,35+,36-,37+,38-/m1/s1. The molecule has 5 nitrogen and oxygen atoms in total. The van der Waals surface area contributed by atoms with Gasteiger partial charge in [-0.25, -0.2) is 0 Å². The molecule has 0 aromatic heterocycles. The lowest BCUT2D eigenvalue weighted by molar-refractivity contribution is -0.352. The lowest BCUT2D eigenvalue weighted by Crippen LogP contribution is -2.74. The minimum absolute atomic E-state index is 0.0172. The summed E-state index contributed by atoms with van der Waals surface area (Å²) in [6.07, 6.45) is 0.555. The summed E-state index contributed by atoms with van der Waals surface area (Å²) in [5, 5.41) is 0. The Morgan fingerprint density at radius 3 is 1.63 bits per heavy atom. The molecule has 224 valence electrons. The lowest BCUT2D eigenvalue weighted by Gasteiger charge is -2.63. The summed E-state index contributed by atoms with van der Waals surface area (Å²) < 4.78 is 33.0. The second-order valence-electron chi connectivity index (χ2n) is 12.1. The highest BCUT2D eigenvalue weighted by Crippen LogP contribution is 2.55. The maximum absolute atomic E-state index is 6.93. The summed E-state index contributed by atoms with van der Waals surface area (Å²) >= 11 is 0.